The van der Waals surface area contributed by atoms with Crippen molar-refractivity contribution in [2.45, 2.75) is 38.0 Å². The van der Waals surface area contributed by atoms with Gasteiger partial charge < -0.3 is 5.32 Å². The number of carbonyl (C=O) groups is 1. The van der Waals surface area contributed by atoms with Crippen LogP contribution in [0.2, 0.25) is 5.02 Å². The minimum Gasteiger partial charge on any atom is -0.322 e. The molecule has 138 valence electrons. The number of aromatic nitrogens is 2. The average Bonchev–Trinajstić information content (AvgIpc) is 3.45. The lowest BCUT2D eigenvalue weighted by molar-refractivity contribution is -0.117. The van der Waals surface area contributed by atoms with Crippen molar-refractivity contribution < 1.29 is 4.79 Å². The third kappa shape index (κ3) is 3.76. The molecule has 1 aromatic heterocycles. The Labute approximate surface area is 164 Å². The molecule has 0 bridgehead atoms. The summed E-state index contributed by atoms with van der Waals surface area (Å²) in [5, 5.41) is 11.5. The molecule has 4 rings (SSSR count). The van der Waals surface area contributed by atoms with Crippen LogP contribution >= 0.6 is 11.6 Å². The molecule has 1 heterocycles. The first-order valence-electron chi connectivity index (χ1n) is 9.37. The van der Waals surface area contributed by atoms with Gasteiger partial charge in [0.05, 0.1) is 17.3 Å². The van der Waals surface area contributed by atoms with Gasteiger partial charge >= 0.3 is 0 Å². The zero-order chi connectivity index (χ0) is 18.8. The monoisotopic (exact) mass is 379 g/mol. The van der Waals surface area contributed by atoms with E-state index in [-0.39, 0.29) is 11.8 Å². The number of nitrogens with zero attached hydrogens (tertiary/aromatic N) is 1. The minimum absolute atomic E-state index is 0.00205. The molecule has 2 N–H and O–H groups in total. The first-order valence-corrected chi connectivity index (χ1v) is 9.75. The number of hydrogen-bond donors (Lipinski definition) is 2. The van der Waals surface area contributed by atoms with Crippen LogP contribution in [0, 0.1) is 0 Å². The smallest absolute Gasteiger partial charge is 0.232 e. The molecule has 1 atom stereocenters. The Bertz CT molecular complexity index is 930. The molecule has 27 heavy (non-hydrogen) atoms. The number of carbonyl (C=O) groups excluding carboxylic acids is 1. The van der Waals surface area contributed by atoms with Crippen LogP contribution in [0.4, 0.5) is 5.69 Å². The van der Waals surface area contributed by atoms with Gasteiger partial charge in [-0.3, -0.25) is 9.89 Å². The number of benzene rings is 2. The summed E-state index contributed by atoms with van der Waals surface area (Å²) in [7, 11) is 0. The van der Waals surface area contributed by atoms with Gasteiger partial charge in [0.2, 0.25) is 5.91 Å². The molecular formula is C22H22ClN3O. The molecular weight excluding hydrogens is 358 g/mol. The van der Waals surface area contributed by atoms with Crippen LogP contribution in [0.1, 0.15) is 49.3 Å². The molecule has 1 saturated carbocycles. The Morgan fingerprint density at radius 2 is 1.89 bits per heavy atom. The number of aromatic amines is 1. The average molecular weight is 380 g/mol. The highest BCUT2D eigenvalue weighted by molar-refractivity contribution is 6.30. The van der Waals surface area contributed by atoms with Crippen LogP contribution in [-0.4, -0.2) is 16.1 Å². The second-order valence-corrected chi connectivity index (χ2v) is 7.44. The molecule has 1 aliphatic rings. The summed E-state index contributed by atoms with van der Waals surface area (Å²) in [6.07, 6.45) is 2.99. The quantitative estimate of drug-likeness (QED) is 0.573. The number of H-pyrrole nitrogens is 1. The highest BCUT2D eigenvalue weighted by atomic mass is 35.5. The van der Waals surface area contributed by atoms with E-state index in [0.717, 1.165) is 47.5 Å². The van der Waals surface area contributed by atoms with E-state index in [1.54, 1.807) is 0 Å². The zero-order valence-electron chi connectivity index (χ0n) is 15.2. The highest BCUT2D eigenvalue weighted by Gasteiger charge is 2.32. The van der Waals surface area contributed by atoms with Crippen LogP contribution in [-0.2, 0) is 4.79 Å². The molecule has 2 aromatic carbocycles. The van der Waals surface area contributed by atoms with E-state index in [9.17, 15) is 4.79 Å². The molecule has 5 heteroatoms. The highest BCUT2D eigenvalue weighted by Crippen LogP contribution is 2.45. The van der Waals surface area contributed by atoms with E-state index in [0.29, 0.717) is 10.9 Å². The van der Waals surface area contributed by atoms with Gasteiger partial charge in [-0.05, 0) is 37.0 Å². The van der Waals surface area contributed by atoms with E-state index >= 15 is 0 Å². The molecule has 0 aliphatic heterocycles. The largest absolute Gasteiger partial charge is 0.322 e. The molecule has 0 spiro atoms. The van der Waals surface area contributed by atoms with Crippen molar-refractivity contribution in [2.75, 3.05) is 5.32 Å². The van der Waals surface area contributed by atoms with Crippen molar-refractivity contribution >= 4 is 23.2 Å². The van der Waals surface area contributed by atoms with Crippen molar-refractivity contribution in [1.82, 2.24) is 10.2 Å². The van der Waals surface area contributed by atoms with E-state index in [4.69, 9.17) is 11.6 Å². The minimum atomic E-state index is -0.189. The summed E-state index contributed by atoms with van der Waals surface area (Å²) in [4.78, 5) is 13.1. The topological polar surface area (TPSA) is 57.8 Å². The second kappa shape index (κ2) is 7.57. The molecule has 0 saturated heterocycles. The molecule has 4 nitrogen and oxygen atoms in total. The number of rotatable bonds is 6. The third-order valence-corrected chi connectivity index (χ3v) is 5.32. The van der Waals surface area contributed by atoms with E-state index in [2.05, 4.69) is 15.5 Å². The Kier molecular flexibility index (Phi) is 4.99. The van der Waals surface area contributed by atoms with Crippen LogP contribution in [0.25, 0.3) is 11.3 Å². The van der Waals surface area contributed by atoms with Crippen molar-refractivity contribution in [1.29, 1.82) is 0 Å². The Morgan fingerprint density at radius 3 is 2.52 bits per heavy atom. The lowest BCUT2D eigenvalue weighted by Crippen LogP contribution is -2.21. The van der Waals surface area contributed by atoms with Crippen molar-refractivity contribution in [3.8, 4) is 11.3 Å². The number of anilines is 1. The van der Waals surface area contributed by atoms with Crippen LogP contribution in [0.15, 0.2) is 54.6 Å². The maximum atomic E-state index is 13.1. The summed E-state index contributed by atoms with van der Waals surface area (Å²) in [5.74, 6) is 0.263. The van der Waals surface area contributed by atoms with Gasteiger partial charge in [-0.15, -0.1) is 0 Å². The Hall–Kier alpha value is -2.59. The fourth-order valence-electron chi connectivity index (χ4n) is 3.43. The van der Waals surface area contributed by atoms with Gasteiger partial charge in [0.1, 0.15) is 5.69 Å². The third-order valence-electron chi connectivity index (χ3n) is 5.07. The second-order valence-electron chi connectivity index (χ2n) is 7.00. The Balaban J connectivity index is 1.67. The van der Waals surface area contributed by atoms with Gasteiger partial charge in [-0.25, -0.2) is 0 Å². The van der Waals surface area contributed by atoms with E-state index in [1.807, 2.05) is 61.5 Å². The summed E-state index contributed by atoms with van der Waals surface area (Å²) >= 11 is 6.02. The molecule has 3 aromatic rings. The van der Waals surface area contributed by atoms with Crippen molar-refractivity contribution in [3.63, 3.8) is 0 Å². The fraction of sp³-hybridized carbons (Fsp3) is 0.273. The first kappa shape index (κ1) is 17.8. The van der Waals surface area contributed by atoms with Gasteiger partial charge in [-0.1, -0.05) is 61.0 Å². The standard InChI is InChI=1S/C22H22ClN3O/c1-2-18(14-6-4-3-5-7-14)22(27)24-21-19(15-8-9-15)25-26-20(21)16-10-12-17(23)13-11-16/h3-7,10-13,15,18H,2,8-9H2,1H3,(H,24,27)(H,25,26). The van der Waals surface area contributed by atoms with E-state index in [1.165, 1.54) is 0 Å². The fourth-order valence-corrected chi connectivity index (χ4v) is 3.56. The van der Waals surface area contributed by atoms with Gasteiger partial charge in [0.25, 0.3) is 0 Å². The molecule has 1 unspecified atom stereocenters. The SMILES string of the molecule is CCC(C(=O)Nc1c(-c2ccc(Cl)cc2)n[nH]c1C1CC1)c1ccccc1. The number of amides is 1. The predicted octanol–water partition coefficient (Wildman–Crippen LogP) is 5.74. The number of halogens is 1. The maximum Gasteiger partial charge on any atom is 0.232 e. The normalized spacial score (nSPS) is 14.7. The Morgan fingerprint density at radius 1 is 1.19 bits per heavy atom. The lowest BCUT2D eigenvalue weighted by Gasteiger charge is -2.16. The van der Waals surface area contributed by atoms with Crippen LogP contribution < -0.4 is 5.32 Å². The number of hydrogen-bond acceptors (Lipinski definition) is 2. The van der Waals surface area contributed by atoms with Gasteiger partial charge in [0.15, 0.2) is 0 Å². The maximum absolute atomic E-state index is 13.1. The van der Waals surface area contributed by atoms with Gasteiger partial charge in [0, 0.05) is 16.5 Å². The molecule has 1 fully saturated rings. The number of nitrogens with one attached hydrogen (secondary N) is 2. The summed E-state index contributed by atoms with van der Waals surface area (Å²) in [5.41, 5.74) is 4.56. The van der Waals surface area contributed by atoms with Crippen molar-refractivity contribution in [2.24, 2.45) is 0 Å². The summed E-state index contributed by atoms with van der Waals surface area (Å²) < 4.78 is 0. The molecule has 0 radical (unpaired) electrons. The zero-order valence-corrected chi connectivity index (χ0v) is 16.0. The molecule has 1 aliphatic carbocycles. The summed E-state index contributed by atoms with van der Waals surface area (Å²) in [6.45, 7) is 2.04. The molecule has 1 amide bonds. The van der Waals surface area contributed by atoms with E-state index < -0.39 is 0 Å². The van der Waals surface area contributed by atoms with Crippen LogP contribution in [0.3, 0.4) is 0 Å². The first-order chi connectivity index (χ1) is 13.2. The predicted molar refractivity (Wildman–Crippen MR) is 109 cm³/mol. The van der Waals surface area contributed by atoms with Gasteiger partial charge in [-0.2, -0.15) is 5.10 Å². The van der Waals surface area contributed by atoms with Crippen LogP contribution in [0.5, 0.6) is 0 Å². The lowest BCUT2D eigenvalue weighted by atomic mass is 9.95. The summed E-state index contributed by atoms with van der Waals surface area (Å²) in [6, 6.07) is 17.5. The van der Waals surface area contributed by atoms with Crippen molar-refractivity contribution in [3.05, 3.63) is 70.9 Å².